The molecule has 2 rings (SSSR count). The second-order valence-electron chi connectivity index (χ2n) is 5.77. The molecule has 0 spiro atoms. The van der Waals surface area contributed by atoms with E-state index in [0.717, 1.165) is 36.8 Å². The van der Waals surface area contributed by atoms with Gasteiger partial charge in [-0.2, -0.15) is 0 Å². The Labute approximate surface area is 115 Å². The number of rotatable bonds is 3. The molecule has 2 heterocycles. The maximum atomic E-state index is 5.94. The highest BCUT2D eigenvalue weighted by atomic mass is 16.5. The summed E-state index contributed by atoms with van der Waals surface area (Å²) >= 11 is 0. The van der Waals surface area contributed by atoms with E-state index in [2.05, 4.69) is 54.8 Å². The first-order valence-corrected chi connectivity index (χ1v) is 6.91. The lowest BCUT2D eigenvalue weighted by molar-refractivity contribution is -0.0752. The van der Waals surface area contributed by atoms with Crippen molar-refractivity contribution >= 4 is 11.6 Å². The van der Waals surface area contributed by atoms with Crippen LogP contribution >= 0.6 is 0 Å². The number of hydrogen-bond donors (Lipinski definition) is 1. The zero-order valence-electron chi connectivity index (χ0n) is 12.5. The summed E-state index contributed by atoms with van der Waals surface area (Å²) in [5, 5.41) is 3.28. The van der Waals surface area contributed by atoms with Crippen molar-refractivity contribution in [2.24, 2.45) is 0 Å². The molecule has 0 aliphatic carbocycles. The van der Waals surface area contributed by atoms with E-state index in [0.29, 0.717) is 0 Å². The van der Waals surface area contributed by atoms with Crippen LogP contribution in [-0.4, -0.2) is 41.3 Å². The molecule has 0 radical (unpaired) electrons. The van der Waals surface area contributed by atoms with Crippen molar-refractivity contribution in [2.75, 3.05) is 29.9 Å². The molecular weight excluding hydrogens is 240 g/mol. The zero-order chi connectivity index (χ0) is 14.0. The van der Waals surface area contributed by atoms with Crippen LogP contribution in [0.5, 0.6) is 0 Å². The Morgan fingerprint density at radius 1 is 1.47 bits per heavy atom. The number of nitrogens with one attached hydrogen (secondary N) is 1. The van der Waals surface area contributed by atoms with E-state index in [9.17, 15) is 0 Å². The van der Waals surface area contributed by atoms with Crippen LogP contribution in [0.1, 0.15) is 33.3 Å². The van der Waals surface area contributed by atoms with E-state index in [1.165, 1.54) is 0 Å². The molecule has 1 atom stereocenters. The first-order chi connectivity index (χ1) is 8.93. The van der Waals surface area contributed by atoms with Crippen LogP contribution in [0.3, 0.4) is 0 Å². The van der Waals surface area contributed by atoms with Crippen molar-refractivity contribution in [1.82, 2.24) is 9.97 Å². The maximum Gasteiger partial charge on any atom is 0.137 e. The second kappa shape index (κ2) is 5.33. The van der Waals surface area contributed by atoms with E-state index in [1.807, 2.05) is 0 Å². The van der Waals surface area contributed by atoms with Gasteiger partial charge in [-0.05, 0) is 34.6 Å². The van der Waals surface area contributed by atoms with Crippen LogP contribution in [-0.2, 0) is 4.74 Å². The second-order valence-corrected chi connectivity index (χ2v) is 5.77. The van der Waals surface area contributed by atoms with Gasteiger partial charge in [0.05, 0.1) is 11.7 Å². The van der Waals surface area contributed by atoms with Gasteiger partial charge in [-0.25, -0.2) is 9.97 Å². The van der Waals surface area contributed by atoms with Gasteiger partial charge in [-0.1, -0.05) is 0 Å². The quantitative estimate of drug-likeness (QED) is 0.907. The fourth-order valence-electron chi connectivity index (χ4n) is 2.72. The Balaban J connectivity index is 2.28. The van der Waals surface area contributed by atoms with Crippen molar-refractivity contribution in [3.05, 3.63) is 11.9 Å². The number of hydrogen-bond acceptors (Lipinski definition) is 5. The van der Waals surface area contributed by atoms with Gasteiger partial charge in [0.25, 0.3) is 0 Å². The van der Waals surface area contributed by atoms with Crippen LogP contribution in [0.25, 0.3) is 0 Å². The fraction of sp³-hybridized carbons (Fsp3) is 0.714. The number of morpholine rings is 1. The van der Waals surface area contributed by atoms with Gasteiger partial charge in [-0.3, -0.25) is 0 Å². The summed E-state index contributed by atoms with van der Waals surface area (Å²) in [5.74, 6) is 1.93. The molecular formula is C14H24N4O. The summed E-state index contributed by atoms with van der Waals surface area (Å²) in [6.07, 6.45) is 1.84. The summed E-state index contributed by atoms with van der Waals surface area (Å²) in [5.41, 5.74) is 0.960. The molecule has 106 valence electrons. The van der Waals surface area contributed by atoms with Crippen LogP contribution in [0.4, 0.5) is 11.6 Å². The van der Waals surface area contributed by atoms with Crippen molar-refractivity contribution in [3.8, 4) is 0 Å². The van der Waals surface area contributed by atoms with Gasteiger partial charge in [0, 0.05) is 25.2 Å². The van der Waals surface area contributed by atoms with E-state index in [4.69, 9.17) is 4.74 Å². The van der Waals surface area contributed by atoms with Crippen LogP contribution in [0.2, 0.25) is 0 Å². The number of anilines is 2. The first kappa shape index (κ1) is 14.1. The molecule has 1 unspecified atom stereocenters. The minimum absolute atomic E-state index is 0.145. The number of ether oxygens (including phenoxy) is 1. The van der Waals surface area contributed by atoms with Crippen molar-refractivity contribution < 1.29 is 4.74 Å². The molecule has 0 amide bonds. The number of nitrogens with zero attached hydrogens (tertiary/aromatic N) is 3. The predicted molar refractivity (Wildman–Crippen MR) is 77.8 cm³/mol. The van der Waals surface area contributed by atoms with Gasteiger partial charge in [0.2, 0.25) is 0 Å². The molecule has 0 aromatic carbocycles. The molecule has 0 bridgehead atoms. The zero-order valence-corrected chi connectivity index (χ0v) is 12.5. The molecule has 5 heteroatoms. The summed E-state index contributed by atoms with van der Waals surface area (Å²) in [6.45, 7) is 13.1. The molecule has 1 N–H and O–H groups in total. The Morgan fingerprint density at radius 2 is 2.21 bits per heavy atom. The molecule has 1 fully saturated rings. The topological polar surface area (TPSA) is 50.3 Å². The van der Waals surface area contributed by atoms with E-state index >= 15 is 0 Å². The van der Waals surface area contributed by atoms with Gasteiger partial charge in [-0.15, -0.1) is 0 Å². The monoisotopic (exact) mass is 264 g/mol. The smallest absolute Gasteiger partial charge is 0.137 e. The van der Waals surface area contributed by atoms with Crippen LogP contribution in [0.15, 0.2) is 6.33 Å². The first-order valence-electron chi connectivity index (χ1n) is 6.91. The lowest BCUT2D eigenvalue weighted by Crippen LogP contribution is -2.52. The average molecular weight is 264 g/mol. The molecule has 1 aliphatic rings. The Kier molecular flexibility index (Phi) is 3.94. The SMILES string of the molecule is CCNc1ncnc(N2CC(C)OC(C)(C)C2)c1C. The lowest BCUT2D eigenvalue weighted by atomic mass is 10.1. The molecule has 5 nitrogen and oxygen atoms in total. The largest absolute Gasteiger partial charge is 0.370 e. The minimum Gasteiger partial charge on any atom is -0.370 e. The average Bonchev–Trinajstić information content (AvgIpc) is 2.29. The van der Waals surface area contributed by atoms with E-state index in [1.54, 1.807) is 6.33 Å². The van der Waals surface area contributed by atoms with Gasteiger partial charge in [0.15, 0.2) is 0 Å². The van der Waals surface area contributed by atoms with Crippen LogP contribution in [0, 0.1) is 6.92 Å². The van der Waals surface area contributed by atoms with Crippen molar-refractivity contribution in [3.63, 3.8) is 0 Å². The summed E-state index contributed by atoms with van der Waals surface area (Å²) in [4.78, 5) is 11.1. The van der Waals surface area contributed by atoms with Gasteiger partial charge < -0.3 is 15.0 Å². The highest BCUT2D eigenvalue weighted by molar-refractivity contribution is 5.58. The molecule has 1 aliphatic heterocycles. The summed E-state index contributed by atoms with van der Waals surface area (Å²) in [7, 11) is 0. The minimum atomic E-state index is -0.145. The Bertz CT molecular complexity index is 447. The highest BCUT2D eigenvalue weighted by Crippen LogP contribution is 2.28. The fourth-order valence-corrected chi connectivity index (χ4v) is 2.72. The summed E-state index contributed by atoms with van der Waals surface area (Å²) in [6, 6.07) is 0. The third kappa shape index (κ3) is 3.15. The van der Waals surface area contributed by atoms with Crippen LogP contribution < -0.4 is 10.2 Å². The molecule has 19 heavy (non-hydrogen) atoms. The number of aromatic nitrogens is 2. The predicted octanol–water partition coefficient (Wildman–Crippen LogP) is 2.22. The Morgan fingerprint density at radius 3 is 2.84 bits per heavy atom. The lowest BCUT2D eigenvalue weighted by Gasteiger charge is -2.42. The summed E-state index contributed by atoms with van der Waals surface area (Å²) < 4.78 is 5.94. The third-order valence-corrected chi connectivity index (χ3v) is 3.27. The normalized spacial score (nSPS) is 22.4. The van der Waals surface area contributed by atoms with E-state index in [-0.39, 0.29) is 11.7 Å². The molecule has 1 saturated heterocycles. The highest BCUT2D eigenvalue weighted by Gasteiger charge is 2.32. The van der Waals surface area contributed by atoms with E-state index < -0.39 is 0 Å². The van der Waals surface area contributed by atoms with Crippen molar-refractivity contribution in [2.45, 2.75) is 46.3 Å². The molecule has 0 saturated carbocycles. The standard InChI is InChI=1S/C14H24N4O/c1-6-15-12-11(3)13(17-9-16-12)18-7-10(2)19-14(4,5)8-18/h9-10H,6-8H2,1-5H3,(H,15,16,17). The Hall–Kier alpha value is -1.36. The van der Waals surface area contributed by atoms with Crippen molar-refractivity contribution in [1.29, 1.82) is 0 Å². The van der Waals surface area contributed by atoms with Gasteiger partial charge in [0.1, 0.15) is 18.0 Å². The van der Waals surface area contributed by atoms with Gasteiger partial charge >= 0.3 is 0 Å². The third-order valence-electron chi connectivity index (χ3n) is 3.27. The molecule has 1 aromatic rings. The maximum absolute atomic E-state index is 5.94. The molecule has 1 aromatic heterocycles.